The lowest BCUT2D eigenvalue weighted by molar-refractivity contribution is -0.132. The number of aliphatic carboxylic acids is 1. The van der Waals surface area contributed by atoms with E-state index in [4.69, 9.17) is 8.75 Å². The number of carbonyl (C=O) groups is 1. The van der Waals surface area contributed by atoms with Crippen molar-refractivity contribution in [3.63, 3.8) is 0 Å². The Bertz CT molecular complexity index is 2960. The van der Waals surface area contributed by atoms with Crippen molar-refractivity contribution in [2.45, 2.75) is 38.5 Å². The molecule has 0 radical (unpaired) electrons. The topological polar surface area (TPSA) is 90.1 Å². The molecule has 0 amide bonds. The molecule has 8 aromatic rings. The molecule has 2 aliphatic carbocycles. The fraction of sp³-hybridized carbons (Fsp3) is 0.125. The second-order valence-corrected chi connectivity index (χ2v) is 18.3. The standard InChI is InChI=1S/C48H34N4O2S3/c1-47(2)37-24-36-38(23-35(37)44-39(47)22-32(55-44)21-28(26-49)46(53)54)48(3,4)40-25-41(56-45(36)40)34-20-19-33(42-43(34)51-57-50-42)27-15-17-31(18-16-27)52(29-11-7-5-8-12-29)30-13-9-6-10-14-30/h5-25H,1-4H3,(H,53,54)/b28-21-. The van der Waals surface area contributed by atoms with Gasteiger partial charge in [0, 0.05) is 58.5 Å². The Labute approximate surface area is 342 Å². The smallest absolute Gasteiger partial charge is 0.346 e. The summed E-state index contributed by atoms with van der Waals surface area (Å²) in [6, 6.07) is 45.0. The van der Waals surface area contributed by atoms with Crippen LogP contribution in [0, 0.1) is 11.3 Å². The van der Waals surface area contributed by atoms with Gasteiger partial charge < -0.3 is 10.0 Å². The summed E-state index contributed by atoms with van der Waals surface area (Å²) in [5, 5.41) is 18.8. The number of nitrogens with zero attached hydrogens (tertiary/aromatic N) is 4. The summed E-state index contributed by atoms with van der Waals surface area (Å²) < 4.78 is 9.71. The Morgan fingerprint density at radius 2 is 1.18 bits per heavy atom. The van der Waals surface area contributed by atoms with Crippen LogP contribution >= 0.6 is 34.4 Å². The van der Waals surface area contributed by atoms with Crippen LogP contribution in [0.2, 0.25) is 0 Å². The van der Waals surface area contributed by atoms with Gasteiger partial charge in [-0.05, 0) is 106 Å². The van der Waals surface area contributed by atoms with Gasteiger partial charge in [0.05, 0.1) is 11.7 Å². The zero-order valence-corrected chi connectivity index (χ0v) is 33.9. The minimum absolute atomic E-state index is 0.229. The van der Waals surface area contributed by atoms with Crippen LogP contribution in [0.15, 0.2) is 127 Å². The van der Waals surface area contributed by atoms with E-state index < -0.39 is 5.97 Å². The minimum atomic E-state index is -1.21. The van der Waals surface area contributed by atoms with Crippen molar-refractivity contribution in [2.24, 2.45) is 0 Å². The summed E-state index contributed by atoms with van der Waals surface area (Å²) >= 11 is 4.64. The Morgan fingerprint density at radius 1 is 0.649 bits per heavy atom. The van der Waals surface area contributed by atoms with Crippen LogP contribution in [0.3, 0.4) is 0 Å². The lowest BCUT2D eigenvalue weighted by atomic mass is 9.79. The van der Waals surface area contributed by atoms with Gasteiger partial charge in [0.2, 0.25) is 0 Å². The molecule has 0 bridgehead atoms. The maximum absolute atomic E-state index is 11.6. The van der Waals surface area contributed by atoms with E-state index in [1.807, 2.05) is 29.5 Å². The number of benzene rings is 5. The van der Waals surface area contributed by atoms with Crippen LogP contribution in [0.1, 0.15) is 54.8 Å². The van der Waals surface area contributed by atoms with E-state index in [0.29, 0.717) is 0 Å². The number of nitriles is 1. The van der Waals surface area contributed by atoms with Crippen LogP contribution in [-0.2, 0) is 15.6 Å². The number of hydrogen-bond donors (Lipinski definition) is 1. The number of thiophene rings is 2. The second kappa shape index (κ2) is 12.9. The number of rotatable bonds is 7. The third kappa shape index (κ3) is 5.43. The molecule has 9 heteroatoms. The summed E-state index contributed by atoms with van der Waals surface area (Å²) in [6.07, 6.45) is 1.49. The maximum atomic E-state index is 11.6. The summed E-state index contributed by atoms with van der Waals surface area (Å²) in [7, 11) is 0. The quantitative estimate of drug-likeness (QED) is 0.128. The highest BCUT2D eigenvalue weighted by Gasteiger charge is 2.43. The molecule has 5 aromatic carbocycles. The van der Waals surface area contributed by atoms with Gasteiger partial charge >= 0.3 is 5.97 Å². The predicted molar refractivity (Wildman–Crippen MR) is 235 cm³/mol. The van der Waals surface area contributed by atoms with E-state index in [2.05, 4.69) is 142 Å². The molecule has 0 atom stereocenters. The van der Waals surface area contributed by atoms with Crippen LogP contribution < -0.4 is 4.90 Å². The van der Waals surface area contributed by atoms with Crippen molar-refractivity contribution in [1.82, 2.24) is 8.75 Å². The van der Waals surface area contributed by atoms with Gasteiger partial charge in [0.1, 0.15) is 22.7 Å². The van der Waals surface area contributed by atoms with Crippen molar-refractivity contribution < 1.29 is 9.90 Å². The average Bonchev–Trinajstić information content (AvgIpc) is 4.04. The largest absolute Gasteiger partial charge is 0.477 e. The van der Waals surface area contributed by atoms with Crippen LogP contribution in [0.5, 0.6) is 0 Å². The molecule has 3 aromatic heterocycles. The molecule has 2 aliphatic rings. The summed E-state index contributed by atoms with van der Waals surface area (Å²) in [5.74, 6) is -1.21. The molecular weight excluding hydrogens is 761 g/mol. The van der Waals surface area contributed by atoms with E-state index in [-0.39, 0.29) is 16.4 Å². The lowest BCUT2D eigenvalue weighted by Gasteiger charge is -2.25. The number of hydrogen-bond acceptors (Lipinski definition) is 8. The second-order valence-electron chi connectivity index (χ2n) is 15.6. The Kier molecular flexibility index (Phi) is 8.00. The number of para-hydroxylation sites is 2. The van der Waals surface area contributed by atoms with Gasteiger partial charge in [0.15, 0.2) is 0 Å². The minimum Gasteiger partial charge on any atom is -0.477 e. The normalized spacial score (nSPS) is 14.5. The molecular formula is C48H34N4O2S3. The monoisotopic (exact) mass is 794 g/mol. The van der Waals surface area contributed by atoms with Gasteiger partial charge in [-0.1, -0.05) is 88.4 Å². The molecule has 0 fully saturated rings. The van der Waals surface area contributed by atoms with E-state index in [1.165, 1.54) is 60.9 Å². The highest BCUT2D eigenvalue weighted by atomic mass is 32.1. The molecule has 1 N–H and O–H groups in total. The number of carboxylic acids is 1. The van der Waals surface area contributed by atoms with Crippen LogP contribution in [0.25, 0.3) is 59.6 Å². The zero-order chi connectivity index (χ0) is 39.2. The van der Waals surface area contributed by atoms with E-state index in [9.17, 15) is 15.2 Å². The SMILES string of the molecule is CC1(C)c2cc3c(cc2-c2sc(/C=C(/C#N)C(=O)O)cc21)C(C)(C)c1cc(-c2ccc(-c4ccc(N(c5ccccc5)c5ccccc5)cc4)c4nsnc24)sc1-3. The van der Waals surface area contributed by atoms with Crippen LogP contribution in [-0.4, -0.2) is 19.8 Å². The Hall–Kier alpha value is -6.18. The molecule has 276 valence electrons. The van der Waals surface area contributed by atoms with Gasteiger partial charge in [0.25, 0.3) is 0 Å². The van der Waals surface area contributed by atoms with Gasteiger partial charge in [-0.3, -0.25) is 0 Å². The zero-order valence-electron chi connectivity index (χ0n) is 31.5. The Balaban J connectivity index is 1.01. The summed E-state index contributed by atoms with van der Waals surface area (Å²) in [4.78, 5) is 18.2. The van der Waals surface area contributed by atoms with Crippen molar-refractivity contribution in [3.8, 4) is 48.5 Å². The first-order valence-electron chi connectivity index (χ1n) is 18.6. The van der Waals surface area contributed by atoms with Crippen molar-refractivity contribution in [2.75, 3.05) is 4.90 Å². The summed E-state index contributed by atoms with van der Waals surface area (Å²) in [6.45, 7) is 9.08. The molecule has 0 saturated carbocycles. The highest BCUT2D eigenvalue weighted by Crippen LogP contribution is 2.60. The number of aromatic nitrogens is 2. The summed E-state index contributed by atoms with van der Waals surface area (Å²) in [5.41, 5.74) is 15.1. The number of anilines is 3. The Morgan fingerprint density at radius 3 is 1.75 bits per heavy atom. The van der Waals surface area contributed by atoms with Gasteiger partial charge in [-0.15, -0.1) is 22.7 Å². The van der Waals surface area contributed by atoms with Crippen molar-refractivity contribution in [3.05, 3.63) is 154 Å². The van der Waals surface area contributed by atoms with Crippen molar-refractivity contribution in [1.29, 1.82) is 5.26 Å². The van der Waals surface area contributed by atoms with Gasteiger partial charge in [-0.2, -0.15) is 14.0 Å². The molecule has 10 rings (SSSR count). The highest BCUT2D eigenvalue weighted by molar-refractivity contribution is 7.19. The number of fused-ring (bicyclic) bond motifs is 7. The molecule has 0 spiro atoms. The fourth-order valence-corrected chi connectivity index (χ4v) is 11.8. The molecule has 57 heavy (non-hydrogen) atoms. The third-order valence-corrected chi connectivity index (χ3v) is 14.5. The fourth-order valence-electron chi connectivity index (χ4n) is 8.61. The third-order valence-electron chi connectivity index (χ3n) is 11.6. The number of carboxylic acid groups (broad SMARTS) is 1. The first-order chi connectivity index (χ1) is 27.5. The van der Waals surface area contributed by atoms with E-state index >= 15 is 0 Å². The average molecular weight is 795 g/mol. The van der Waals surface area contributed by atoms with Crippen molar-refractivity contribution >= 4 is 74.5 Å². The molecule has 0 unspecified atom stereocenters. The molecule has 3 heterocycles. The molecule has 0 saturated heterocycles. The van der Waals surface area contributed by atoms with E-state index in [0.717, 1.165) is 54.5 Å². The maximum Gasteiger partial charge on any atom is 0.346 e. The molecule has 0 aliphatic heterocycles. The van der Waals surface area contributed by atoms with E-state index in [1.54, 1.807) is 11.3 Å². The lowest BCUT2D eigenvalue weighted by Crippen LogP contribution is -2.16. The van der Waals surface area contributed by atoms with Gasteiger partial charge in [-0.25, -0.2) is 4.79 Å². The predicted octanol–water partition coefficient (Wildman–Crippen LogP) is 13.2. The first-order valence-corrected chi connectivity index (χ1v) is 21.0. The first kappa shape index (κ1) is 35.2. The molecule has 6 nitrogen and oxygen atoms in total. The van der Waals surface area contributed by atoms with Crippen LogP contribution in [0.4, 0.5) is 17.1 Å².